The summed E-state index contributed by atoms with van der Waals surface area (Å²) in [5, 5.41) is 0. The highest BCUT2D eigenvalue weighted by Crippen LogP contribution is 2.27. The van der Waals surface area contributed by atoms with Crippen molar-refractivity contribution in [3.8, 4) is 0 Å². The van der Waals surface area contributed by atoms with Gasteiger partial charge in [-0.15, -0.1) is 0 Å². The molecule has 0 unspecified atom stereocenters. The van der Waals surface area contributed by atoms with E-state index in [1.54, 1.807) is 0 Å². The Labute approximate surface area is 202 Å². The van der Waals surface area contributed by atoms with Gasteiger partial charge >= 0.3 is 11.9 Å². The smallest absolute Gasteiger partial charge is 0.307 e. The minimum atomic E-state index is -0.388. The standard InChI is InChI=1S/C27H50N2O4/c1-26(2,3)32-24(30)14-20-28-16-10-22(11-17-28)8-7-9-23-12-18-29(19-13-23)21-15-25(31)33-27(4,5)6/h22-23H,7-21H2,1-6H3. The maximum Gasteiger partial charge on any atom is 0.307 e. The fraction of sp³-hybridized carbons (Fsp3) is 0.926. The summed E-state index contributed by atoms with van der Waals surface area (Å²) in [6.07, 6.45) is 10.1. The van der Waals surface area contributed by atoms with Crippen LogP contribution in [0, 0.1) is 11.8 Å². The quantitative estimate of drug-likeness (QED) is 0.420. The van der Waals surface area contributed by atoms with Gasteiger partial charge in [-0.05, 0) is 105 Å². The SMILES string of the molecule is CC(C)(C)OC(=O)CCN1CCC(CCCC2CCN(CCC(=O)OC(C)(C)C)CC2)CC1. The molecule has 0 saturated carbocycles. The fourth-order valence-electron chi connectivity index (χ4n) is 4.98. The van der Waals surface area contributed by atoms with Crippen LogP contribution in [0.5, 0.6) is 0 Å². The molecule has 0 aromatic carbocycles. The number of likely N-dealkylation sites (tertiary alicyclic amines) is 2. The summed E-state index contributed by atoms with van der Waals surface area (Å²) in [6.45, 7) is 17.7. The van der Waals surface area contributed by atoms with Crippen molar-refractivity contribution in [3.63, 3.8) is 0 Å². The molecule has 0 aromatic rings. The summed E-state index contributed by atoms with van der Waals surface area (Å²) in [6, 6.07) is 0. The number of piperidine rings is 2. The summed E-state index contributed by atoms with van der Waals surface area (Å²) in [4.78, 5) is 28.7. The number of ether oxygens (including phenoxy) is 2. The van der Waals surface area contributed by atoms with Crippen LogP contribution in [0.4, 0.5) is 0 Å². The van der Waals surface area contributed by atoms with Crippen molar-refractivity contribution >= 4 is 11.9 Å². The molecule has 2 aliphatic rings. The van der Waals surface area contributed by atoms with Gasteiger partial charge in [-0.3, -0.25) is 9.59 Å². The molecule has 33 heavy (non-hydrogen) atoms. The van der Waals surface area contributed by atoms with Gasteiger partial charge in [-0.25, -0.2) is 0 Å². The highest BCUT2D eigenvalue weighted by atomic mass is 16.6. The largest absolute Gasteiger partial charge is 0.460 e. The Morgan fingerprint density at radius 2 is 1.00 bits per heavy atom. The van der Waals surface area contributed by atoms with Gasteiger partial charge in [-0.1, -0.05) is 19.3 Å². The lowest BCUT2D eigenvalue weighted by Crippen LogP contribution is -2.36. The van der Waals surface area contributed by atoms with E-state index < -0.39 is 0 Å². The monoisotopic (exact) mass is 466 g/mol. The molecular formula is C27H50N2O4. The van der Waals surface area contributed by atoms with Crippen LogP contribution in [0.2, 0.25) is 0 Å². The Hall–Kier alpha value is -1.14. The third-order valence-electron chi connectivity index (χ3n) is 6.74. The predicted molar refractivity (Wildman–Crippen MR) is 133 cm³/mol. The molecule has 0 aromatic heterocycles. The lowest BCUT2D eigenvalue weighted by atomic mass is 9.87. The zero-order valence-electron chi connectivity index (χ0n) is 22.3. The second-order valence-corrected chi connectivity index (χ2v) is 12.2. The molecular weight excluding hydrogens is 416 g/mol. The highest BCUT2D eigenvalue weighted by Gasteiger charge is 2.24. The maximum atomic E-state index is 11.9. The van der Waals surface area contributed by atoms with Gasteiger partial charge in [0.25, 0.3) is 0 Å². The number of hydrogen-bond donors (Lipinski definition) is 0. The van der Waals surface area contributed by atoms with Crippen LogP contribution in [0.3, 0.4) is 0 Å². The zero-order chi connectivity index (χ0) is 24.5. The number of carbonyl (C=O) groups excluding carboxylic acids is 2. The highest BCUT2D eigenvalue weighted by molar-refractivity contribution is 5.70. The summed E-state index contributed by atoms with van der Waals surface area (Å²) >= 11 is 0. The van der Waals surface area contributed by atoms with E-state index in [4.69, 9.17) is 9.47 Å². The number of rotatable bonds is 10. The first-order valence-corrected chi connectivity index (χ1v) is 13.3. The van der Waals surface area contributed by atoms with E-state index in [0.717, 1.165) is 51.1 Å². The lowest BCUT2D eigenvalue weighted by Gasteiger charge is -2.33. The number of nitrogens with zero attached hydrogens (tertiary/aromatic N) is 2. The van der Waals surface area contributed by atoms with Crippen LogP contribution in [0.15, 0.2) is 0 Å². The van der Waals surface area contributed by atoms with Gasteiger partial charge in [0, 0.05) is 13.1 Å². The van der Waals surface area contributed by atoms with Crippen LogP contribution in [0.25, 0.3) is 0 Å². The number of esters is 2. The molecule has 0 atom stereocenters. The Balaban J connectivity index is 1.50. The molecule has 0 bridgehead atoms. The molecule has 192 valence electrons. The molecule has 0 spiro atoms. The van der Waals surface area contributed by atoms with Gasteiger partial charge in [0.15, 0.2) is 0 Å². The molecule has 6 nitrogen and oxygen atoms in total. The topological polar surface area (TPSA) is 59.1 Å². The molecule has 0 amide bonds. The lowest BCUT2D eigenvalue weighted by molar-refractivity contribution is -0.156. The first kappa shape index (κ1) is 28.1. The molecule has 2 heterocycles. The molecule has 0 radical (unpaired) electrons. The number of hydrogen-bond acceptors (Lipinski definition) is 6. The van der Waals surface area contributed by atoms with E-state index in [-0.39, 0.29) is 23.1 Å². The number of carbonyl (C=O) groups is 2. The minimum Gasteiger partial charge on any atom is -0.460 e. The van der Waals surface area contributed by atoms with Gasteiger partial charge < -0.3 is 19.3 Å². The Morgan fingerprint density at radius 1 is 0.667 bits per heavy atom. The molecule has 2 aliphatic heterocycles. The van der Waals surface area contributed by atoms with E-state index in [2.05, 4.69) is 9.80 Å². The maximum absolute atomic E-state index is 11.9. The van der Waals surface area contributed by atoms with Gasteiger partial charge in [0.2, 0.25) is 0 Å². The van der Waals surface area contributed by atoms with Crippen molar-refractivity contribution in [1.29, 1.82) is 0 Å². The Bertz CT molecular complexity index is 540. The van der Waals surface area contributed by atoms with E-state index in [0.29, 0.717) is 12.8 Å². The molecule has 2 saturated heterocycles. The van der Waals surface area contributed by atoms with Crippen LogP contribution in [-0.2, 0) is 19.1 Å². The third-order valence-corrected chi connectivity index (χ3v) is 6.74. The fourth-order valence-corrected chi connectivity index (χ4v) is 4.98. The molecule has 6 heteroatoms. The Kier molecular flexibility index (Phi) is 11.1. The second-order valence-electron chi connectivity index (χ2n) is 12.2. The van der Waals surface area contributed by atoms with Crippen LogP contribution in [0.1, 0.15) is 99.3 Å². The summed E-state index contributed by atoms with van der Waals surface area (Å²) in [5.74, 6) is 1.52. The van der Waals surface area contributed by atoms with Crippen molar-refractivity contribution in [3.05, 3.63) is 0 Å². The van der Waals surface area contributed by atoms with Crippen LogP contribution >= 0.6 is 0 Å². The first-order valence-electron chi connectivity index (χ1n) is 13.3. The molecule has 0 aliphatic carbocycles. The van der Waals surface area contributed by atoms with Crippen molar-refractivity contribution < 1.29 is 19.1 Å². The average molecular weight is 467 g/mol. The zero-order valence-corrected chi connectivity index (χ0v) is 22.3. The summed E-state index contributed by atoms with van der Waals surface area (Å²) < 4.78 is 10.8. The van der Waals surface area contributed by atoms with E-state index in [9.17, 15) is 9.59 Å². The minimum absolute atomic E-state index is 0.0829. The molecule has 2 fully saturated rings. The van der Waals surface area contributed by atoms with Crippen molar-refractivity contribution in [2.75, 3.05) is 39.3 Å². The van der Waals surface area contributed by atoms with Gasteiger partial charge in [-0.2, -0.15) is 0 Å². The van der Waals surface area contributed by atoms with Gasteiger partial charge in [0.05, 0.1) is 12.8 Å². The van der Waals surface area contributed by atoms with Gasteiger partial charge in [0.1, 0.15) is 11.2 Å². The van der Waals surface area contributed by atoms with Crippen molar-refractivity contribution in [2.24, 2.45) is 11.8 Å². The molecule has 0 N–H and O–H groups in total. The second kappa shape index (κ2) is 13.1. The first-order chi connectivity index (χ1) is 15.4. The summed E-state index contributed by atoms with van der Waals surface area (Å²) in [5.41, 5.74) is -0.776. The Morgan fingerprint density at radius 3 is 1.30 bits per heavy atom. The normalized spacial score (nSPS) is 20.1. The van der Waals surface area contributed by atoms with E-state index >= 15 is 0 Å². The average Bonchev–Trinajstić information content (AvgIpc) is 2.70. The van der Waals surface area contributed by atoms with E-state index in [1.165, 1.54) is 44.9 Å². The van der Waals surface area contributed by atoms with Crippen LogP contribution < -0.4 is 0 Å². The third kappa shape index (κ3) is 12.8. The van der Waals surface area contributed by atoms with Crippen LogP contribution in [-0.4, -0.2) is 72.2 Å². The molecule has 2 rings (SSSR count). The van der Waals surface area contributed by atoms with E-state index in [1.807, 2.05) is 41.5 Å². The summed E-state index contributed by atoms with van der Waals surface area (Å²) in [7, 11) is 0. The van der Waals surface area contributed by atoms with Crippen molar-refractivity contribution in [2.45, 2.75) is 111 Å². The predicted octanol–water partition coefficient (Wildman–Crippen LogP) is 5.04. The van der Waals surface area contributed by atoms with Crippen molar-refractivity contribution in [1.82, 2.24) is 9.80 Å².